The highest BCUT2D eigenvalue weighted by molar-refractivity contribution is 9.10. The number of ether oxygens (including phenoxy) is 1. The van der Waals surface area contributed by atoms with Gasteiger partial charge < -0.3 is 14.5 Å². The second-order valence-corrected chi connectivity index (χ2v) is 7.52. The Morgan fingerprint density at radius 3 is 2.64 bits per heavy atom. The molecule has 152 valence electrons. The molecule has 0 aliphatic carbocycles. The van der Waals surface area contributed by atoms with Gasteiger partial charge in [-0.1, -0.05) is 15.9 Å². The monoisotopic (exact) mass is 454 g/mol. The largest absolute Gasteiger partial charge is 0.466 e. The van der Waals surface area contributed by atoms with E-state index in [0.29, 0.717) is 37.0 Å². The molecule has 1 aliphatic rings. The molecule has 0 spiro atoms. The second kappa shape index (κ2) is 10.4. The first-order valence-corrected chi connectivity index (χ1v) is 9.93. The maximum absolute atomic E-state index is 13.7. The van der Waals surface area contributed by atoms with Crippen LogP contribution in [0, 0.1) is 11.7 Å². The van der Waals surface area contributed by atoms with Gasteiger partial charge in [-0.05, 0) is 44.0 Å². The van der Waals surface area contributed by atoms with Crippen LogP contribution in [0.1, 0.15) is 25.3 Å². The first-order valence-electron chi connectivity index (χ1n) is 9.14. The molecule has 1 saturated heterocycles. The van der Waals surface area contributed by atoms with Crippen LogP contribution < -0.4 is 0 Å². The van der Waals surface area contributed by atoms with Gasteiger partial charge in [0.2, 0.25) is 11.8 Å². The number of benzene rings is 1. The van der Waals surface area contributed by atoms with Crippen molar-refractivity contribution in [1.29, 1.82) is 0 Å². The molecule has 2 rings (SSSR count). The number of amides is 2. The number of carbonyl (C=O) groups excluding carboxylic acids is 3. The molecule has 0 bridgehead atoms. The average Bonchev–Trinajstić information content (AvgIpc) is 2.68. The van der Waals surface area contributed by atoms with Crippen molar-refractivity contribution in [3.05, 3.63) is 40.1 Å². The molecule has 8 heteroatoms. The molecule has 0 saturated carbocycles. The number of hydrogen-bond acceptors (Lipinski definition) is 4. The third-order valence-corrected chi connectivity index (χ3v) is 5.07. The number of likely N-dealkylation sites (tertiary alicyclic amines) is 1. The van der Waals surface area contributed by atoms with E-state index in [9.17, 15) is 18.8 Å². The quantitative estimate of drug-likeness (QED) is 0.489. The molecule has 1 aromatic carbocycles. The fourth-order valence-corrected chi connectivity index (χ4v) is 3.31. The number of esters is 1. The lowest BCUT2D eigenvalue weighted by molar-refractivity contribution is -0.151. The number of halogens is 2. The second-order valence-electron chi connectivity index (χ2n) is 6.60. The maximum atomic E-state index is 13.7. The van der Waals surface area contributed by atoms with Gasteiger partial charge in [-0.3, -0.25) is 14.4 Å². The Balaban J connectivity index is 1.85. The van der Waals surface area contributed by atoms with E-state index in [0.717, 1.165) is 0 Å². The SMILES string of the molecule is CCOC(=O)C1CCN(C(=O)CN(C)C(=O)/C=C/c2cc(Br)ccc2F)CC1. The van der Waals surface area contributed by atoms with Gasteiger partial charge in [-0.25, -0.2) is 4.39 Å². The zero-order valence-corrected chi connectivity index (χ0v) is 17.6. The Kier molecular flexibility index (Phi) is 8.17. The lowest BCUT2D eigenvalue weighted by Crippen LogP contribution is -2.45. The summed E-state index contributed by atoms with van der Waals surface area (Å²) in [5.41, 5.74) is 0.281. The van der Waals surface area contributed by atoms with Gasteiger partial charge in [-0.15, -0.1) is 0 Å². The van der Waals surface area contributed by atoms with Crippen LogP contribution in [0.4, 0.5) is 4.39 Å². The summed E-state index contributed by atoms with van der Waals surface area (Å²) in [4.78, 5) is 39.3. The van der Waals surface area contributed by atoms with Crippen LogP contribution in [0.5, 0.6) is 0 Å². The van der Waals surface area contributed by atoms with Gasteiger partial charge in [0, 0.05) is 36.2 Å². The highest BCUT2D eigenvalue weighted by Crippen LogP contribution is 2.19. The minimum absolute atomic E-state index is 0.0752. The molecule has 0 N–H and O–H groups in total. The van der Waals surface area contributed by atoms with E-state index < -0.39 is 11.7 Å². The van der Waals surface area contributed by atoms with E-state index in [-0.39, 0.29) is 29.9 Å². The van der Waals surface area contributed by atoms with Crippen molar-refractivity contribution in [2.24, 2.45) is 5.92 Å². The fourth-order valence-electron chi connectivity index (χ4n) is 2.94. The zero-order chi connectivity index (χ0) is 20.7. The van der Waals surface area contributed by atoms with E-state index in [2.05, 4.69) is 15.9 Å². The highest BCUT2D eigenvalue weighted by atomic mass is 79.9. The molecular weight excluding hydrogens is 431 g/mol. The van der Waals surface area contributed by atoms with Crippen LogP contribution >= 0.6 is 15.9 Å². The molecule has 6 nitrogen and oxygen atoms in total. The third kappa shape index (κ3) is 6.15. The highest BCUT2D eigenvalue weighted by Gasteiger charge is 2.28. The molecule has 0 unspecified atom stereocenters. The summed E-state index contributed by atoms with van der Waals surface area (Å²) in [6.07, 6.45) is 3.74. The van der Waals surface area contributed by atoms with Crippen molar-refractivity contribution in [2.45, 2.75) is 19.8 Å². The first kappa shape index (κ1) is 22.1. The lowest BCUT2D eigenvalue weighted by atomic mass is 9.97. The lowest BCUT2D eigenvalue weighted by Gasteiger charge is -2.32. The van der Waals surface area contributed by atoms with Gasteiger partial charge in [0.15, 0.2) is 0 Å². The summed E-state index contributed by atoms with van der Waals surface area (Å²) in [6.45, 7) is 2.96. The van der Waals surface area contributed by atoms with Gasteiger partial charge in [0.1, 0.15) is 5.82 Å². The summed E-state index contributed by atoms with van der Waals surface area (Å²) in [5.74, 6) is -1.40. The van der Waals surface area contributed by atoms with Crippen molar-refractivity contribution in [3.8, 4) is 0 Å². The summed E-state index contributed by atoms with van der Waals surface area (Å²) in [5, 5.41) is 0. The number of hydrogen-bond donors (Lipinski definition) is 0. The number of likely N-dealkylation sites (N-methyl/N-ethyl adjacent to an activating group) is 1. The molecule has 0 aromatic heterocycles. The predicted octanol–water partition coefficient (Wildman–Crippen LogP) is 2.86. The fraction of sp³-hybridized carbons (Fsp3) is 0.450. The number of carbonyl (C=O) groups is 3. The van der Waals surface area contributed by atoms with Gasteiger partial charge in [0.05, 0.1) is 19.1 Å². The van der Waals surface area contributed by atoms with E-state index in [1.807, 2.05) is 0 Å². The Bertz CT molecular complexity index is 761. The minimum Gasteiger partial charge on any atom is -0.466 e. The van der Waals surface area contributed by atoms with E-state index >= 15 is 0 Å². The summed E-state index contributed by atoms with van der Waals surface area (Å²) in [7, 11) is 1.52. The summed E-state index contributed by atoms with van der Waals surface area (Å²) in [6, 6.07) is 4.45. The molecule has 2 amide bonds. The Hall–Kier alpha value is -2.22. The van der Waals surface area contributed by atoms with Crippen LogP contribution in [0.3, 0.4) is 0 Å². The van der Waals surface area contributed by atoms with Crippen LogP contribution in [0.15, 0.2) is 28.7 Å². The molecule has 0 atom stereocenters. The van der Waals surface area contributed by atoms with Crippen molar-refractivity contribution in [1.82, 2.24) is 9.80 Å². The van der Waals surface area contributed by atoms with E-state index in [1.54, 1.807) is 24.0 Å². The van der Waals surface area contributed by atoms with Crippen molar-refractivity contribution >= 4 is 39.8 Å². The smallest absolute Gasteiger partial charge is 0.309 e. The molecular formula is C20H24BrFN2O4. The van der Waals surface area contributed by atoms with Crippen LogP contribution in [0.25, 0.3) is 6.08 Å². The number of piperidine rings is 1. The van der Waals surface area contributed by atoms with E-state index in [4.69, 9.17) is 4.74 Å². The third-order valence-electron chi connectivity index (χ3n) is 4.58. The predicted molar refractivity (Wildman–Crippen MR) is 107 cm³/mol. The van der Waals surface area contributed by atoms with Crippen molar-refractivity contribution in [2.75, 3.05) is 33.3 Å². The Labute approximate surface area is 172 Å². The van der Waals surface area contributed by atoms with Crippen LogP contribution in [-0.4, -0.2) is 60.9 Å². The van der Waals surface area contributed by atoms with E-state index in [1.165, 1.54) is 30.2 Å². The Morgan fingerprint density at radius 1 is 1.32 bits per heavy atom. The molecule has 1 fully saturated rings. The zero-order valence-electron chi connectivity index (χ0n) is 16.0. The Morgan fingerprint density at radius 2 is 2.00 bits per heavy atom. The molecule has 28 heavy (non-hydrogen) atoms. The molecule has 1 aromatic rings. The minimum atomic E-state index is -0.435. The standard InChI is InChI=1S/C20H24BrFN2O4/c1-3-28-20(27)14-8-10-24(11-9-14)19(26)13-23(2)18(25)7-4-15-12-16(21)5-6-17(15)22/h4-7,12,14H,3,8-11,13H2,1-2H3/b7-4+. The normalized spacial score (nSPS) is 14.9. The number of nitrogens with zero attached hydrogens (tertiary/aromatic N) is 2. The molecule has 1 aliphatic heterocycles. The first-order chi connectivity index (χ1) is 13.3. The van der Waals surface area contributed by atoms with Gasteiger partial charge in [0.25, 0.3) is 0 Å². The topological polar surface area (TPSA) is 66.9 Å². The van der Waals surface area contributed by atoms with Crippen LogP contribution in [-0.2, 0) is 19.1 Å². The average molecular weight is 455 g/mol. The van der Waals surface area contributed by atoms with Crippen LogP contribution in [0.2, 0.25) is 0 Å². The molecule has 1 heterocycles. The maximum Gasteiger partial charge on any atom is 0.309 e. The summed E-state index contributed by atoms with van der Waals surface area (Å²) < 4.78 is 19.4. The van der Waals surface area contributed by atoms with Crippen molar-refractivity contribution < 1.29 is 23.5 Å². The summed E-state index contributed by atoms with van der Waals surface area (Å²) >= 11 is 3.26. The van der Waals surface area contributed by atoms with Gasteiger partial charge >= 0.3 is 5.97 Å². The number of rotatable bonds is 6. The van der Waals surface area contributed by atoms with Crippen molar-refractivity contribution in [3.63, 3.8) is 0 Å². The van der Waals surface area contributed by atoms with Gasteiger partial charge in [-0.2, -0.15) is 0 Å². The molecule has 0 radical (unpaired) electrons.